The van der Waals surface area contributed by atoms with E-state index in [1.54, 1.807) is 20.9 Å². The van der Waals surface area contributed by atoms with E-state index in [2.05, 4.69) is 15.3 Å². The summed E-state index contributed by atoms with van der Waals surface area (Å²) in [7, 11) is 1.55. The second-order valence-corrected chi connectivity index (χ2v) is 1.99. The van der Waals surface area contributed by atoms with Gasteiger partial charge in [-0.2, -0.15) is 0 Å². The highest BCUT2D eigenvalue weighted by Gasteiger charge is 1.94. The molecule has 1 amide bonds. The molecule has 0 fully saturated rings. The number of carbonyl (C=O) groups excluding carboxylic acids is 1. The molecule has 0 saturated carbocycles. The molecule has 72 valence electrons. The van der Waals surface area contributed by atoms with Gasteiger partial charge in [0.25, 0.3) is 5.91 Å². The van der Waals surface area contributed by atoms with Crippen LogP contribution in [0.2, 0.25) is 0 Å². The molecule has 0 spiro atoms. The van der Waals surface area contributed by atoms with Gasteiger partial charge < -0.3 is 10.2 Å². The Labute approximate surface area is 74.0 Å². The molecule has 0 heterocycles. The Balaban J connectivity index is 0. The van der Waals surface area contributed by atoms with E-state index in [0.717, 1.165) is 5.71 Å². The quantitative estimate of drug-likeness (QED) is 0.516. The lowest BCUT2D eigenvalue weighted by atomic mass is 10.5. The number of hydrogen-bond acceptors (Lipinski definition) is 3. The predicted octanol–water partition coefficient (Wildman–Crippen LogP) is 1.17. The summed E-state index contributed by atoms with van der Waals surface area (Å²) in [6.45, 7) is 7.58. The minimum atomic E-state index is -0.176. The number of nitrogens with one attached hydrogen (secondary N) is 1. The molecule has 0 radical (unpaired) electrons. The summed E-state index contributed by atoms with van der Waals surface area (Å²) in [6, 6.07) is 0. The maximum absolute atomic E-state index is 10.5. The molecule has 0 rings (SSSR count). The fraction of sp³-hybridized carbons (Fsp3) is 0.750. The van der Waals surface area contributed by atoms with Gasteiger partial charge in [0.15, 0.2) is 6.61 Å². The maximum atomic E-state index is 10.5. The van der Waals surface area contributed by atoms with Crippen molar-refractivity contribution in [1.29, 1.82) is 0 Å². The topological polar surface area (TPSA) is 50.7 Å². The number of amides is 1. The molecule has 0 saturated heterocycles. The van der Waals surface area contributed by atoms with Crippen LogP contribution in [0.3, 0.4) is 0 Å². The van der Waals surface area contributed by atoms with E-state index in [-0.39, 0.29) is 12.5 Å². The first-order chi connectivity index (χ1) is 5.66. The van der Waals surface area contributed by atoms with Crippen LogP contribution in [0.1, 0.15) is 27.7 Å². The van der Waals surface area contributed by atoms with Crippen molar-refractivity contribution >= 4 is 11.6 Å². The van der Waals surface area contributed by atoms with Gasteiger partial charge in [-0.15, -0.1) is 0 Å². The summed E-state index contributed by atoms with van der Waals surface area (Å²) in [5.74, 6) is -0.176. The molecule has 0 aromatic carbocycles. The molecular formula is C8H18N2O2. The van der Waals surface area contributed by atoms with Gasteiger partial charge >= 0.3 is 0 Å². The molecular weight excluding hydrogens is 156 g/mol. The summed E-state index contributed by atoms with van der Waals surface area (Å²) < 4.78 is 0. The number of hydrogen-bond donors (Lipinski definition) is 1. The second kappa shape index (κ2) is 9.94. The van der Waals surface area contributed by atoms with Crippen molar-refractivity contribution in [3.05, 3.63) is 0 Å². The lowest BCUT2D eigenvalue weighted by Gasteiger charge is -1.96. The molecule has 4 heteroatoms. The van der Waals surface area contributed by atoms with Crippen LogP contribution in [0.25, 0.3) is 0 Å². The van der Waals surface area contributed by atoms with Crippen LogP contribution in [-0.4, -0.2) is 25.3 Å². The van der Waals surface area contributed by atoms with Crippen LogP contribution in [0, 0.1) is 0 Å². The highest BCUT2D eigenvalue weighted by atomic mass is 16.6. The van der Waals surface area contributed by atoms with Gasteiger partial charge in [0.2, 0.25) is 0 Å². The third-order valence-electron chi connectivity index (χ3n) is 0.722. The molecule has 0 aliphatic carbocycles. The molecule has 1 N–H and O–H groups in total. The average Bonchev–Trinajstić information content (AvgIpc) is 2.07. The SMILES string of the molecule is CC.CNC(=O)CON=C(C)C. The predicted molar refractivity (Wildman–Crippen MR) is 50.1 cm³/mol. The molecule has 4 nitrogen and oxygen atoms in total. The summed E-state index contributed by atoms with van der Waals surface area (Å²) in [4.78, 5) is 15.1. The Morgan fingerprint density at radius 2 is 1.92 bits per heavy atom. The van der Waals surface area contributed by atoms with Crippen LogP contribution < -0.4 is 5.32 Å². The second-order valence-electron chi connectivity index (χ2n) is 1.99. The summed E-state index contributed by atoms with van der Waals surface area (Å²) in [5, 5.41) is 5.97. The minimum Gasteiger partial charge on any atom is -0.386 e. The molecule has 12 heavy (non-hydrogen) atoms. The molecule has 0 aromatic rings. The van der Waals surface area contributed by atoms with Crippen molar-refractivity contribution in [3.8, 4) is 0 Å². The van der Waals surface area contributed by atoms with Crippen molar-refractivity contribution in [2.75, 3.05) is 13.7 Å². The van der Waals surface area contributed by atoms with Crippen molar-refractivity contribution in [3.63, 3.8) is 0 Å². The zero-order valence-corrected chi connectivity index (χ0v) is 8.47. The van der Waals surface area contributed by atoms with E-state index in [4.69, 9.17) is 0 Å². The molecule has 0 aliphatic heterocycles. The zero-order valence-electron chi connectivity index (χ0n) is 8.47. The lowest BCUT2D eigenvalue weighted by molar-refractivity contribution is -0.125. The van der Waals surface area contributed by atoms with Crippen LogP contribution in [0.5, 0.6) is 0 Å². The van der Waals surface area contributed by atoms with Crippen LogP contribution in [0.15, 0.2) is 5.16 Å². The van der Waals surface area contributed by atoms with Gasteiger partial charge in [0, 0.05) is 7.05 Å². The Kier molecular flexibility index (Phi) is 11.2. The smallest absolute Gasteiger partial charge is 0.260 e. The van der Waals surface area contributed by atoms with Gasteiger partial charge in [-0.1, -0.05) is 19.0 Å². The van der Waals surface area contributed by atoms with Crippen molar-refractivity contribution in [1.82, 2.24) is 5.32 Å². The van der Waals surface area contributed by atoms with E-state index in [1.165, 1.54) is 0 Å². The minimum absolute atomic E-state index is 0.0122. The number of nitrogens with zero attached hydrogens (tertiary/aromatic N) is 1. The Morgan fingerprint density at radius 1 is 1.42 bits per heavy atom. The monoisotopic (exact) mass is 174 g/mol. The van der Waals surface area contributed by atoms with E-state index in [1.807, 2.05) is 13.8 Å². The molecule has 0 unspecified atom stereocenters. The van der Waals surface area contributed by atoms with Crippen LogP contribution in [-0.2, 0) is 9.63 Å². The molecule has 0 aliphatic rings. The van der Waals surface area contributed by atoms with E-state index in [0.29, 0.717) is 0 Å². The molecule has 0 aromatic heterocycles. The summed E-state index contributed by atoms with van der Waals surface area (Å²) in [6.07, 6.45) is 0. The van der Waals surface area contributed by atoms with E-state index in [9.17, 15) is 4.79 Å². The summed E-state index contributed by atoms with van der Waals surface area (Å²) >= 11 is 0. The molecule has 0 bridgehead atoms. The highest BCUT2D eigenvalue weighted by molar-refractivity contribution is 5.79. The normalized spacial score (nSPS) is 7.42. The first-order valence-corrected chi connectivity index (χ1v) is 4.00. The van der Waals surface area contributed by atoms with Crippen LogP contribution >= 0.6 is 0 Å². The number of oxime groups is 1. The van der Waals surface area contributed by atoms with Gasteiger partial charge in [0.05, 0.1) is 5.71 Å². The Bertz CT molecular complexity index is 140. The number of carbonyl (C=O) groups is 1. The third kappa shape index (κ3) is 11.7. The first kappa shape index (κ1) is 13.5. The third-order valence-corrected chi connectivity index (χ3v) is 0.722. The first-order valence-electron chi connectivity index (χ1n) is 4.00. The average molecular weight is 174 g/mol. The number of rotatable bonds is 3. The van der Waals surface area contributed by atoms with Crippen molar-refractivity contribution < 1.29 is 9.63 Å². The van der Waals surface area contributed by atoms with Gasteiger partial charge in [-0.3, -0.25) is 4.79 Å². The van der Waals surface area contributed by atoms with Crippen LogP contribution in [0.4, 0.5) is 0 Å². The molecule has 0 atom stereocenters. The standard InChI is InChI=1S/C6H12N2O2.C2H6/c1-5(2)8-10-4-6(9)7-3;1-2/h4H2,1-3H3,(H,7,9);1-2H3. The highest BCUT2D eigenvalue weighted by Crippen LogP contribution is 1.78. The largest absolute Gasteiger partial charge is 0.386 e. The fourth-order valence-electron chi connectivity index (χ4n) is 0.292. The number of likely N-dealkylation sites (N-methyl/N-ethyl adjacent to an activating group) is 1. The van der Waals surface area contributed by atoms with E-state index < -0.39 is 0 Å². The fourth-order valence-corrected chi connectivity index (χ4v) is 0.292. The maximum Gasteiger partial charge on any atom is 0.260 e. The van der Waals surface area contributed by atoms with Gasteiger partial charge in [-0.25, -0.2) is 0 Å². The summed E-state index contributed by atoms with van der Waals surface area (Å²) in [5.41, 5.74) is 0.795. The van der Waals surface area contributed by atoms with Gasteiger partial charge in [-0.05, 0) is 13.8 Å². The van der Waals surface area contributed by atoms with Crippen molar-refractivity contribution in [2.45, 2.75) is 27.7 Å². The zero-order chi connectivity index (χ0) is 9.98. The van der Waals surface area contributed by atoms with Crippen molar-refractivity contribution in [2.24, 2.45) is 5.16 Å². The Hall–Kier alpha value is -1.06. The Morgan fingerprint density at radius 3 is 2.25 bits per heavy atom. The lowest BCUT2D eigenvalue weighted by Crippen LogP contribution is -2.22. The van der Waals surface area contributed by atoms with Gasteiger partial charge in [0.1, 0.15) is 0 Å². The van der Waals surface area contributed by atoms with E-state index >= 15 is 0 Å².